The third-order valence-electron chi connectivity index (χ3n) is 6.01. The van der Waals surface area contributed by atoms with Crippen LogP contribution in [0.2, 0.25) is 0 Å². The Morgan fingerprint density at radius 1 is 1.28 bits per heavy atom. The van der Waals surface area contributed by atoms with E-state index in [0.29, 0.717) is 6.04 Å². The molecule has 3 amide bonds. The van der Waals surface area contributed by atoms with Gasteiger partial charge in [-0.3, -0.25) is 9.69 Å². The number of piperidine rings is 1. The van der Waals surface area contributed by atoms with Crippen molar-refractivity contribution < 1.29 is 9.59 Å². The van der Waals surface area contributed by atoms with Crippen LogP contribution in [0, 0.1) is 5.92 Å². The molecule has 25 heavy (non-hydrogen) atoms. The molecule has 1 N–H and O–H groups in total. The Morgan fingerprint density at radius 3 is 2.64 bits per heavy atom. The third kappa shape index (κ3) is 3.56. The number of amides is 3. The Morgan fingerprint density at radius 2 is 2.00 bits per heavy atom. The van der Waals surface area contributed by atoms with E-state index < -0.39 is 5.54 Å². The van der Waals surface area contributed by atoms with Crippen LogP contribution in [-0.4, -0.2) is 53.5 Å². The topological polar surface area (TPSA) is 52.7 Å². The first-order chi connectivity index (χ1) is 11.9. The van der Waals surface area contributed by atoms with E-state index in [9.17, 15) is 9.59 Å². The van der Waals surface area contributed by atoms with E-state index in [4.69, 9.17) is 0 Å². The number of urea groups is 1. The fourth-order valence-electron chi connectivity index (χ4n) is 4.16. The van der Waals surface area contributed by atoms with Gasteiger partial charge < -0.3 is 10.2 Å². The number of carbonyl (C=O) groups excluding carboxylic acids is 2. The van der Waals surface area contributed by atoms with Crippen molar-refractivity contribution in [3.63, 3.8) is 0 Å². The first-order valence-electron chi connectivity index (χ1n) is 9.30. The van der Waals surface area contributed by atoms with E-state index in [1.54, 1.807) is 7.05 Å². The van der Waals surface area contributed by atoms with Crippen molar-refractivity contribution in [2.24, 2.45) is 5.92 Å². The molecule has 0 aromatic heterocycles. The molecule has 136 valence electrons. The summed E-state index contributed by atoms with van der Waals surface area (Å²) in [6.07, 6.45) is 4.23. The van der Waals surface area contributed by atoms with Gasteiger partial charge in [-0.25, -0.2) is 4.79 Å². The smallest absolute Gasteiger partial charge is 0.323 e. The lowest BCUT2D eigenvalue weighted by Gasteiger charge is -2.42. The maximum absolute atomic E-state index is 12.5. The van der Waals surface area contributed by atoms with Crippen molar-refractivity contribution in [1.82, 2.24) is 15.1 Å². The lowest BCUT2D eigenvalue weighted by Crippen LogP contribution is -2.56. The number of hydrogen-bond donors (Lipinski definition) is 1. The van der Waals surface area contributed by atoms with Gasteiger partial charge in [0.05, 0.1) is 0 Å². The second-order valence-corrected chi connectivity index (χ2v) is 7.70. The predicted octanol–water partition coefficient (Wildman–Crippen LogP) is 2.66. The standard InChI is InChI=1S/C20H29N3O2/c1-15(11-12-16-8-5-4-6-9-16)23-13-7-10-17(14-23)20(2)18(24)22(3)19(25)21-20/h4-6,8-9,15,17H,7,10-14H2,1-3H3,(H,21,25)/t15-,17+,20+/m1/s1. The molecule has 1 aromatic carbocycles. The number of aryl methyl sites for hydroxylation is 1. The van der Waals surface area contributed by atoms with Crippen LogP contribution in [-0.2, 0) is 11.2 Å². The number of nitrogens with zero attached hydrogens (tertiary/aromatic N) is 2. The molecule has 2 fully saturated rings. The molecule has 2 aliphatic heterocycles. The monoisotopic (exact) mass is 343 g/mol. The van der Waals surface area contributed by atoms with Crippen LogP contribution in [0.3, 0.4) is 0 Å². The summed E-state index contributed by atoms with van der Waals surface area (Å²) in [6, 6.07) is 10.8. The highest BCUT2D eigenvalue weighted by Crippen LogP contribution is 2.33. The second-order valence-electron chi connectivity index (χ2n) is 7.70. The summed E-state index contributed by atoms with van der Waals surface area (Å²) in [7, 11) is 1.56. The Balaban J connectivity index is 1.61. The van der Waals surface area contributed by atoms with E-state index in [0.717, 1.165) is 38.8 Å². The van der Waals surface area contributed by atoms with E-state index in [1.165, 1.54) is 10.5 Å². The molecule has 0 bridgehead atoms. The summed E-state index contributed by atoms with van der Waals surface area (Å²) >= 11 is 0. The maximum Gasteiger partial charge on any atom is 0.324 e. The van der Waals surface area contributed by atoms with Gasteiger partial charge in [-0.05, 0) is 51.6 Å². The number of hydrogen-bond acceptors (Lipinski definition) is 3. The molecule has 3 atom stereocenters. The molecule has 0 saturated carbocycles. The first kappa shape index (κ1) is 17.9. The second kappa shape index (κ2) is 7.16. The first-order valence-corrected chi connectivity index (χ1v) is 9.30. The van der Waals surface area contributed by atoms with Crippen molar-refractivity contribution in [3.8, 4) is 0 Å². The van der Waals surface area contributed by atoms with Crippen LogP contribution in [0.25, 0.3) is 0 Å². The summed E-state index contributed by atoms with van der Waals surface area (Å²) in [4.78, 5) is 28.2. The molecule has 0 radical (unpaired) electrons. The van der Waals surface area contributed by atoms with Crippen LogP contribution in [0.1, 0.15) is 38.7 Å². The van der Waals surface area contributed by atoms with E-state index >= 15 is 0 Å². The minimum Gasteiger partial charge on any atom is -0.323 e. The molecule has 0 unspecified atom stereocenters. The molecule has 2 saturated heterocycles. The molecule has 2 heterocycles. The van der Waals surface area contributed by atoms with Gasteiger partial charge in [-0.15, -0.1) is 0 Å². The summed E-state index contributed by atoms with van der Waals surface area (Å²) in [5.74, 6) is 0.0723. The zero-order chi connectivity index (χ0) is 18.0. The number of benzene rings is 1. The lowest BCUT2D eigenvalue weighted by molar-refractivity contribution is -0.132. The van der Waals surface area contributed by atoms with Crippen LogP contribution < -0.4 is 5.32 Å². The largest absolute Gasteiger partial charge is 0.324 e. The van der Waals surface area contributed by atoms with Gasteiger partial charge >= 0.3 is 6.03 Å². The molecule has 5 nitrogen and oxygen atoms in total. The zero-order valence-corrected chi connectivity index (χ0v) is 15.5. The highest BCUT2D eigenvalue weighted by molar-refractivity contribution is 6.06. The predicted molar refractivity (Wildman–Crippen MR) is 98.2 cm³/mol. The summed E-state index contributed by atoms with van der Waals surface area (Å²) in [5, 5.41) is 2.93. The van der Waals surface area contributed by atoms with Crippen LogP contribution in [0.5, 0.6) is 0 Å². The van der Waals surface area contributed by atoms with Crippen molar-refractivity contribution in [2.75, 3.05) is 20.1 Å². The molecule has 0 spiro atoms. The van der Waals surface area contributed by atoms with Crippen LogP contribution in [0.15, 0.2) is 30.3 Å². The summed E-state index contributed by atoms with van der Waals surface area (Å²) < 4.78 is 0. The van der Waals surface area contributed by atoms with Crippen LogP contribution in [0.4, 0.5) is 4.79 Å². The molecule has 2 aliphatic rings. The Bertz CT molecular complexity index is 633. The average molecular weight is 343 g/mol. The molecular formula is C20H29N3O2. The highest BCUT2D eigenvalue weighted by atomic mass is 16.2. The molecule has 5 heteroatoms. The molecule has 0 aliphatic carbocycles. The Kier molecular flexibility index (Phi) is 5.13. The number of rotatable bonds is 5. The van der Waals surface area contributed by atoms with Gasteiger partial charge in [-0.1, -0.05) is 30.3 Å². The quantitative estimate of drug-likeness (QED) is 0.836. The summed E-state index contributed by atoms with van der Waals surface area (Å²) in [5.41, 5.74) is 0.610. The van der Waals surface area contributed by atoms with E-state index in [1.807, 2.05) is 13.0 Å². The van der Waals surface area contributed by atoms with Gasteiger partial charge in [0.15, 0.2) is 0 Å². The molecule has 1 aromatic rings. The van der Waals surface area contributed by atoms with E-state index in [2.05, 4.69) is 41.4 Å². The average Bonchev–Trinajstić information content (AvgIpc) is 2.84. The molecular weight excluding hydrogens is 314 g/mol. The Hall–Kier alpha value is -1.88. The summed E-state index contributed by atoms with van der Waals surface area (Å²) in [6.45, 7) is 6.10. The third-order valence-corrected chi connectivity index (χ3v) is 6.01. The number of imide groups is 1. The van der Waals surface area contributed by atoms with Crippen molar-refractivity contribution in [3.05, 3.63) is 35.9 Å². The normalized spacial score (nSPS) is 28.9. The van der Waals surface area contributed by atoms with Gasteiger partial charge in [0.2, 0.25) is 0 Å². The van der Waals surface area contributed by atoms with Gasteiger partial charge in [0.1, 0.15) is 5.54 Å². The minimum atomic E-state index is -0.760. The maximum atomic E-state index is 12.5. The van der Waals surface area contributed by atoms with Crippen molar-refractivity contribution >= 4 is 11.9 Å². The lowest BCUT2D eigenvalue weighted by atomic mass is 9.79. The minimum absolute atomic E-state index is 0.0960. The number of likely N-dealkylation sites (N-methyl/N-ethyl adjacent to an activating group) is 1. The van der Waals surface area contributed by atoms with Gasteiger partial charge in [0.25, 0.3) is 5.91 Å². The van der Waals surface area contributed by atoms with Gasteiger partial charge in [0, 0.05) is 25.6 Å². The van der Waals surface area contributed by atoms with Crippen molar-refractivity contribution in [2.45, 2.75) is 51.1 Å². The zero-order valence-electron chi connectivity index (χ0n) is 15.5. The van der Waals surface area contributed by atoms with Crippen LogP contribution >= 0.6 is 0 Å². The molecule has 3 rings (SSSR count). The SMILES string of the molecule is C[C@H](CCc1ccccc1)N1CCC[C@H]([C@]2(C)NC(=O)N(C)C2=O)C1. The number of nitrogens with one attached hydrogen (secondary N) is 1. The van der Waals surface area contributed by atoms with Crippen molar-refractivity contribution in [1.29, 1.82) is 0 Å². The van der Waals surface area contributed by atoms with Gasteiger partial charge in [-0.2, -0.15) is 0 Å². The number of likely N-dealkylation sites (tertiary alicyclic amines) is 1. The fourth-order valence-corrected chi connectivity index (χ4v) is 4.16. The fraction of sp³-hybridized carbons (Fsp3) is 0.600. The van der Waals surface area contributed by atoms with E-state index in [-0.39, 0.29) is 17.9 Å². The highest BCUT2D eigenvalue weighted by Gasteiger charge is 2.51. The number of carbonyl (C=O) groups is 2. The Labute approximate surface area is 150 Å².